The molecule has 0 unspecified atom stereocenters. The van der Waals surface area contributed by atoms with Crippen molar-refractivity contribution in [3.8, 4) is 0 Å². The van der Waals surface area contributed by atoms with Crippen LogP contribution >= 0.6 is 34.7 Å². The molecule has 3 aliphatic heterocycles. The van der Waals surface area contributed by atoms with Crippen LogP contribution in [0.15, 0.2) is 58.4 Å². The van der Waals surface area contributed by atoms with E-state index in [1.54, 1.807) is 36.1 Å². The Morgan fingerprint density at radius 1 is 0.952 bits per heavy atom. The van der Waals surface area contributed by atoms with Gasteiger partial charge in [-0.25, -0.2) is 9.69 Å². The van der Waals surface area contributed by atoms with E-state index in [9.17, 15) is 24.0 Å². The SMILES string of the molecule is CCOC(=O)c1ccc(N2C(=O)[C@H]3[C@H](c4ccc(Cl)cc4)c4sc(=O)n(CC(=O)N5CCCCC5)c4S[C@H]3C2=O)cc1. The number of thioether (sulfide) groups is 1. The zero-order valence-electron chi connectivity index (χ0n) is 22.8. The van der Waals surface area contributed by atoms with Crippen molar-refractivity contribution < 1.29 is 23.9 Å². The number of esters is 1. The quantitative estimate of drug-likeness (QED) is 0.292. The number of piperidine rings is 1. The second-order valence-electron chi connectivity index (χ2n) is 10.4. The van der Waals surface area contributed by atoms with Crippen molar-refractivity contribution >= 4 is 64.1 Å². The van der Waals surface area contributed by atoms with Crippen LogP contribution in [-0.2, 0) is 25.7 Å². The van der Waals surface area contributed by atoms with E-state index in [2.05, 4.69) is 0 Å². The summed E-state index contributed by atoms with van der Waals surface area (Å²) in [7, 11) is 0. The molecule has 42 heavy (non-hydrogen) atoms. The highest BCUT2D eigenvalue weighted by Crippen LogP contribution is 2.54. The molecule has 3 atom stereocenters. The molecule has 6 rings (SSSR count). The fourth-order valence-electron chi connectivity index (χ4n) is 5.88. The van der Waals surface area contributed by atoms with E-state index in [1.807, 2.05) is 12.1 Å². The molecule has 0 aliphatic carbocycles. The number of likely N-dealkylation sites (tertiary alicyclic amines) is 1. The molecule has 9 nitrogen and oxygen atoms in total. The first-order chi connectivity index (χ1) is 20.3. The highest BCUT2D eigenvalue weighted by Gasteiger charge is 2.56. The Balaban J connectivity index is 1.38. The van der Waals surface area contributed by atoms with Gasteiger partial charge in [-0.15, -0.1) is 0 Å². The van der Waals surface area contributed by atoms with Gasteiger partial charge in [0.25, 0.3) is 0 Å². The molecule has 2 fully saturated rings. The lowest BCUT2D eigenvalue weighted by atomic mass is 9.83. The highest BCUT2D eigenvalue weighted by atomic mass is 35.5. The number of nitrogens with zero attached hydrogens (tertiary/aromatic N) is 3. The summed E-state index contributed by atoms with van der Waals surface area (Å²) in [6.45, 7) is 3.18. The van der Waals surface area contributed by atoms with Gasteiger partial charge < -0.3 is 9.64 Å². The second kappa shape index (κ2) is 11.7. The first kappa shape index (κ1) is 28.7. The average molecular weight is 626 g/mol. The van der Waals surface area contributed by atoms with Crippen LogP contribution in [0.3, 0.4) is 0 Å². The highest BCUT2D eigenvalue weighted by molar-refractivity contribution is 8.00. The van der Waals surface area contributed by atoms with E-state index < -0.39 is 29.0 Å². The number of amides is 3. The van der Waals surface area contributed by atoms with Crippen LogP contribution in [0.5, 0.6) is 0 Å². The Morgan fingerprint density at radius 3 is 2.31 bits per heavy atom. The van der Waals surface area contributed by atoms with Gasteiger partial charge in [0, 0.05) is 28.9 Å². The number of imide groups is 1. The third-order valence-corrected chi connectivity index (χ3v) is 10.8. The molecule has 0 saturated carbocycles. The van der Waals surface area contributed by atoms with Gasteiger partial charge in [-0.2, -0.15) is 0 Å². The maximum absolute atomic E-state index is 14.0. The van der Waals surface area contributed by atoms with E-state index in [0.717, 1.165) is 41.1 Å². The van der Waals surface area contributed by atoms with Crippen molar-refractivity contribution in [2.24, 2.45) is 5.92 Å². The number of aromatic nitrogens is 1. The Morgan fingerprint density at radius 2 is 1.64 bits per heavy atom. The predicted molar refractivity (Wildman–Crippen MR) is 160 cm³/mol. The minimum absolute atomic E-state index is 0.108. The molecular formula is C30H28ClN3O6S2. The van der Waals surface area contributed by atoms with E-state index in [1.165, 1.54) is 28.5 Å². The van der Waals surface area contributed by atoms with Gasteiger partial charge in [0.2, 0.25) is 17.7 Å². The fourth-order valence-corrected chi connectivity index (χ4v) is 8.78. The summed E-state index contributed by atoms with van der Waals surface area (Å²) in [4.78, 5) is 69.9. The van der Waals surface area contributed by atoms with E-state index in [0.29, 0.717) is 39.3 Å². The molecule has 218 valence electrons. The minimum atomic E-state index is -0.805. The smallest absolute Gasteiger partial charge is 0.338 e. The van der Waals surface area contributed by atoms with Crippen LogP contribution < -0.4 is 9.77 Å². The zero-order valence-corrected chi connectivity index (χ0v) is 25.2. The number of hydrogen-bond acceptors (Lipinski definition) is 8. The van der Waals surface area contributed by atoms with Gasteiger partial charge in [-0.05, 0) is 68.1 Å². The standard InChI is InChI=1S/C30H28ClN3O6S2/c1-2-40-29(38)18-8-12-20(13-9-18)34-26(36)23-22(17-6-10-19(31)11-7-17)25-28(41-24(23)27(34)37)33(30(39)42-25)16-21(35)32-14-4-3-5-15-32/h6-13,22-24H,2-5,14-16H2,1H3/t22-,23-,24+/m0/s1. The molecule has 3 aliphatic rings. The Hall–Kier alpha value is -3.41. The van der Waals surface area contributed by atoms with Crippen molar-refractivity contribution in [3.63, 3.8) is 0 Å². The number of carbonyl (C=O) groups is 4. The number of benzene rings is 2. The molecule has 2 saturated heterocycles. The molecule has 1 aromatic heterocycles. The number of ether oxygens (including phenoxy) is 1. The summed E-state index contributed by atoms with van der Waals surface area (Å²) in [5.74, 6) is -2.75. The van der Waals surface area contributed by atoms with Gasteiger partial charge in [0.05, 0.1) is 28.8 Å². The fraction of sp³-hybridized carbons (Fsp3) is 0.367. The van der Waals surface area contributed by atoms with Crippen LogP contribution in [0, 0.1) is 5.92 Å². The molecular weight excluding hydrogens is 598 g/mol. The summed E-state index contributed by atoms with van der Waals surface area (Å²) < 4.78 is 6.51. The van der Waals surface area contributed by atoms with Crippen LogP contribution in [0.25, 0.3) is 0 Å². The molecule has 0 N–H and O–H groups in total. The van der Waals surface area contributed by atoms with E-state index in [4.69, 9.17) is 16.3 Å². The van der Waals surface area contributed by atoms with Crippen molar-refractivity contribution in [1.82, 2.24) is 9.47 Å². The first-order valence-corrected chi connectivity index (χ1v) is 15.9. The molecule has 12 heteroatoms. The van der Waals surface area contributed by atoms with Crippen molar-refractivity contribution in [2.45, 2.75) is 48.9 Å². The first-order valence-electron chi connectivity index (χ1n) is 13.9. The maximum atomic E-state index is 14.0. The summed E-state index contributed by atoms with van der Waals surface area (Å²) >= 11 is 8.37. The molecule has 3 aromatic rings. The second-order valence-corrected chi connectivity index (χ2v) is 13.0. The Bertz CT molecular complexity index is 1610. The van der Waals surface area contributed by atoms with Crippen molar-refractivity contribution in [2.75, 3.05) is 24.6 Å². The van der Waals surface area contributed by atoms with E-state index in [-0.39, 0.29) is 29.8 Å². The monoisotopic (exact) mass is 625 g/mol. The molecule has 0 bridgehead atoms. The van der Waals surface area contributed by atoms with Gasteiger partial charge in [0.15, 0.2) is 0 Å². The third-order valence-electron chi connectivity index (χ3n) is 7.92. The van der Waals surface area contributed by atoms with E-state index >= 15 is 0 Å². The molecule has 4 heterocycles. The van der Waals surface area contributed by atoms with Crippen molar-refractivity contribution in [1.29, 1.82) is 0 Å². The summed E-state index contributed by atoms with van der Waals surface area (Å²) in [6.07, 6.45) is 2.96. The Kier molecular flexibility index (Phi) is 7.99. The van der Waals surface area contributed by atoms with Gasteiger partial charge in [-0.1, -0.05) is 46.8 Å². The molecule has 2 aromatic carbocycles. The van der Waals surface area contributed by atoms with Gasteiger partial charge >= 0.3 is 10.8 Å². The van der Waals surface area contributed by atoms with Gasteiger partial charge in [0.1, 0.15) is 11.8 Å². The lowest BCUT2D eigenvalue weighted by molar-refractivity contribution is -0.133. The van der Waals surface area contributed by atoms with Crippen LogP contribution in [0.1, 0.15) is 52.9 Å². The number of carbonyl (C=O) groups excluding carboxylic acids is 4. The molecule has 3 amide bonds. The largest absolute Gasteiger partial charge is 0.462 e. The number of anilines is 1. The maximum Gasteiger partial charge on any atom is 0.338 e. The van der Waals surface area contributed by atoms with Crippen LogP contribution in [-0.4, -0.2) is 58.1 Å². The third kappa shape index (κ3) is 5.07. The molecule has 0 radical (unpaired) electrons. The molecule has 0 spiro atoms. The van der Waals surface area contributed by atoms with Crippen LogP contribution in [0.4, 0.5) is 5.69 Å². The summed E-state index contributed by atoms with van der Waals surface area (Å²) in [5, 5.41) is 0.272. The van der Waals surface area contributed by atoms with Crippen LogP contribution in [0.2, 0.25) is 5.02 Å². The average Bonchev–Trinajstić information content (AvgIpc) is 3.44. The normalized spacial score (nSPS) is 21.7. The number of thiazole rings is 1. The minimum Gasteiger partial charge on any atom is -0.462 e. The summed E-state index contributed by atoms with van der Waals surface area (Å²) in [6, 6.07) is 13.2. The predicted octanol–water partition coefficient (Wildman–Crippen LogP) is 4.55. The number of fused-ring (bicyclic) bond motifs is 2. The lowest BCUT2D eigenvalue weighted by Crippen LogP contribution is -2.39. The lowest BCUT2D eigenvalue weighted by Gasteiger charge is -2.31. The summed E-state index contributed by atoms with van der Waals surface area (Å²) in [5.41, 5.74) is 1.42. The number of halogens is 1. The van der Waals surface area contributed by atoms with Gasteiger partial charge in [-0.3, -0.25) is 23.7 Å². The number of rotatable bonds is 6. The topological polar surface area (TPSA) is 106 Å². The Labute approximate surface area is 255 Å². The number of hydrogen-bond donors (Lipinski definition) is 0. The van der Waals surface area contributed by atoms with Crippen molar-refractivity contribution in [3.05, 3.63) is 79.2 Å². The zero-order chi connectivity index (χ0) is 29.5.